The highest BCUT2D eigenvalue weighted by Gasteiger charge is 2.35. The molecule has 2 aliphatic rings. The van der Waals surface area contributed by atoms with Crippen molar-refractivity contribution in [3.05, 3.63) is 0 Å². The first-order valence-electron chi connectivity index (χ1n) is 7.24. The molecule has 0 radical (unpaired) electrons. The molecule has 0 aromatic heterocycles. The van der Waals surface area contributed by atoms with Gasteiger partial charge in [-0.3, -0.25) is 4.90 Å². The molecule has 2 aliphatic heterocycles. The van der Waals surface area contributed by atoms with Gasteiger partial charge in [0.1, 0.15) is 0 Å². The summed E-state index contributed by atoms with van der Waals surface area (Å²) in [6, 6.07) is 0.873. The largest absolute Gasteiger partial charge is 0.316 e. The van der Waals surface area contributed by atoms with Gasteiger partial charge in [0.2, 0.25) is 0 Å². The summed E-state index contributed by atoms with van der Waals surface area (Å²) >= 11 is 0. The Kier molecular flexibility index (Phi) is 4.26. The average molecular weight is 224 g/mol. The smallest absolute Gasteiger partial charge is 0.00928 e. The monoisotopic (exact) mass is 224 g/mol. The zero-order valence-electron chi connectivity index (χ0n) is 11.1. The van der Waals surface area contributed by atoms with Crippen molar-refractivity contribution < 1.29 is 0 Å². The van der Waals surface area contributed by atoms with E-state index < -0.39 is 0 Å². The average Bonchev–Trinajstić information content (AvgIpc) is 2.79. The van der Waals surface area contributed by atoms with Gasteiger partial charge in [-0.15, -0.1) is 0 Å². The minimum atomic E-state index is 0.588. The van der Waals surface area contributed by atoms with Crippen LogP contribution in [0.3, 0.4) is 0 Å². The van der Waals surface area contributed by atoms with E-state index in [4.69, 9.17) is 0 Å². The molecule has 1 N–H and O–H groups in total. The second kappa shape index (κ2) is 5.50. The lowest BCUT2D eigenvalue weighted by Gasteiger charge is -2.41. The first kappa shape index (κ1) is 12.4. The summed E-state index contributed by atoms with van der Waals surface area (Å²) in [7, 11) is 0. The Morgan fingerprint density at radius 2 is 2.19 bits per heavy atom. The van der Waals surface area contributed by atoms with E-state index in [-0.39, 0.29) is 0 Å². The Bertz CT molecular complexity index is 209. The normalized spacial score (nSPS) is 36.8. The van der Waals surface area contributed by atoms with Gasteiger partial charge < -0.3 is 5.32 Å². The molecular weight excluding hydrogens is 196 g/mol. The molecule has 2 nitrogen and oxygen atoms in total. The van der Waals surface area contributed by atoms with E-state index in [1.165, 1.54) is 64.7 Å². The predicted octanol–water partition coefficient (Wildman–Crippen LogP) is 2.64. The summed E-state index contributed by atoms with van der Waals surface area (Å²) < 4.78 is 0. The fourth-order valence-corrected chi connectivity index (χ4v) is 3.51. The fourth-order valence-electron chi connectivity index (χ4n) is 3.51. The summed E-state index contributed by atoms with van der Waals surface area (Å²) in [5, 5.41) is 3.56. The standard InChI is InChI=1S/C14H28N2/c1-3-13-7-5-6-10-16(13)12-14(4-2)8-9-15-11-14/h13,15H,3-12H2,1-2H3. The van der Waals surface area contributed by atoms with E-state index in [1.54, 1.807) is 0 Å². The van der Waals surface area contributed by atoms with Crippen LogP contribution in [-0.4, -0.2) is 37.1 Å². The summed E-state index contributed by atoms with van der Waals surface area (Å²) in [6.07, 6.45) is 8.37. The van der Waals surface area contributed by atoms with Gasteiger partial charge >= 0.3 is 0 Å². The Hall–Kier alpha value is -0.0800. The summed E-state index contributed by atoms with van der Waals surface area (Å²) in [5.74, 6) is 0. The van der Waals surface area contributed by atoms with E-state index in [2.05, 4.69) is 24.1 Å². The number of nitrogens with one attached hydrogen (secondary N) is 1. The highest BCUT2D eigenvalue weighted by Crippen LogP contribution is 2.33. The zero-order valence-corrected chi connectivity index (χ0v) is 11.1. The molecule has 16 heavy (non-hydrogen) atoms. The van der Waals surface area contributed by atoms with Crippen LogP contribution in [0.5, 0.6) is 0 Å². The van der Waals surface area contributed by atoms with E-state index in [0.717, 1.165) is 6.04 Å². The molecular formula is C14H28N2. The lowest BCUT2D eigenvalue weighted by molar-refractivity contribution is 0.0836. The Morgan fingerprint density at radius 3 is 2.81 bits per heavy atom. The van der Waals surface area contributed by atoms with Crippen molar-refractivity contribution in [2.45, 2.75) is 58.4 Å². The molecule has 0 aromatic carbocycles. The van der Waals surface area contributed by atoms with Crippen molar-refractivity contribution in [3.63, 3.8) is 0 Å². The second-order valence-corrected chi connectivity index (χ2v) is 5.81. The molecule has 2 saturated heterocycles. The minimum absolute atomic E-state index is 0.588. The maximum Gasteiger partial charge on any atom is 0.00928 e. The van der Waals surface area contributed by atoms with Crippen LogP contribution in [0, 0.1) is 5.41 Å². The van der Waals surface area contributed by atoms with Crippen LogP contribution in [0.25, 0.3) is 0 Å². The lowest BCUT2D eigenvalue weighted by Crippen LogP contribution is -2.46. The second-order valence-electron chi connectivity index (χ2n) is 5.81. The number of hydrogen-bond donors (Lipinski definition) is 1. The van der Waals surface area contributed by atoms with Gasteiger partial charge in [0, 0.05) is 19.1 Å². The van der Waals surface area contributed by atoms with E-state index in [0.29, 0.717) is 5.41 Å². The molecule has 2 unspecified atom stereocenters. The molecule has 0 aromatic rings. The van der Waals surface area contributed by atoms with Crippen LogP contribution >= 0.6 is 0 Å². The van der Waals surface area contributed by atoms with Crippen molar-refractivity contribution >= 4 is 0 Å². The van der Waals surface area contributed by atoms with Crippen molar-refractivity contribution in [3.8, 4) is 0 Å². The van der Waals surface area contributed by atoms with E-state index in [1.807, 2.05) is 0 Å². The van der Waals surface area contributed by atoms with Gasteiger partial charge in [0.25, 0.3) is 0 Å². The zero-order chi connectivity index (χ0) is 11.4. The number of nitrogens with zero attached hydrogens (tertiary/aromatic N) is 1. The number of piperidine rings is 1. The van der Waals surface area contributed by atoms with Gasteiger partial charge in [-0.2, -0.15) is 0 Å². The Morgan fingerprint density at radius 1 is 1.31 bits per heavy atom. The highest BCUT2D eigenvalue weighted by molar-refractivity contribution is 4.91. The lowest BCUT2D eigenvalue weighted by atomic mass is 9.82. The van der Waals surface area contributed by atoms with Gasteiger partial charge in [-0.05, 0) is 50.6 Å². The van der Waals surface area contributed by atoms with Gasteiger partial charge in [0.05, 0.1) is 0 Å². The summed E-state index contributed by atoms with van der Waals surface area (Å²) in [6.45, 7) is 9.90. The number of likely N-dealkylation sites (tertiary alicyclic amines) is 1. The third-order valence-electron chi connectivity index (χ3n) is 4.84. The third kappa shape index (κ3) is 2.60. The Labute approximate surface area is 101 Å². The third-order valence-corrected chi connectivity index (χ3v) is 4.84. The Balaban J connectivity index is 1.95. The van der Waals surface area contributed by atoms with Crippen LogP contribution < -0.4 is 5.32 Å². The van der Waals surface area contributed by atoms with Crippen LogP contribution in [0.4, 0.5) is 0 Å². The molecule has 94 valence electrons. The van der Waals surface area contributed by atoms with Crippen LogP contribution in [0.2, 0.25) is 0 Å². The van der Waals surface area contributed by atoms with Crippen molar-refractivity contribution in [2.75, 3.05) is 26.2 Å². The predicted molar refractivity (Wildman–Crippen MR) is 69.7 cm³/mol. The molecule has 2 heteroatoms. The molecule has 0 saturated carbocycles. The maximum atomic E-state index is 3.56. The number of rotatable bonds is 4. The minimum Gasteiger partial charge on any atom is -0.316 e. The highest BCUT2D eigenvalue weighted by atomic mass is 15.2. The van der Waals surface area contributed by atoms with Crippen molar-refractivity contribution in [1.29, 1.82) is 0 Å². The maximum absolute atomic E-state index is 3.56. The molecule has 2 atom stereocenters. The van der Waals surface area contributed by atoms with Gasteiger partial charge in [-0.1, -0.05) is 20.3 Å². The molecule has 0 amide bonds. The number of hydrogen-bond acceptors (Lipinski definition) is 2. The molecule has 0 aliphatic carbocycles. The molecule has 0 spiro atoms. The summed E-state index contributed by atoms with van der Waals surface area (Å²) in [5.41, 5.74) is 0.588. The quantitative estimate of drug-likeness (QED) is 0.790. The molecule has 2 fully saturated rings. The van der Waals surface area contributed by atoms with Gasteiger partial charge in [0.15, 0.2) is 0 Å². The van der Waals surface area contributed by atoms with E-state index >= 15 is 0 Å². The molecule has 2 heterocycles. The fraction of sp³-hybridized carbons (Fsp3) is 1.00. The first-order chi connectivity index (χ1) is 7.79. The van der Waals surface area contributed by atoms with Crippen LogP contribution in [0.1, 0.15) is 52.4 Å². The summed E-state index contributed by atoms with van der Waals surface area (Å²) in [4.78, 5) is 2.79. The first-order valence-corrected chi connectivity index (χ1v) is 7.24. The van der Waals surface area contributed by atoms with Crippen molar-refractivity contribution in [1.82, 2.24) is 10.2 Å². The topological polar surface area (TPSA) is 15.3 Å². The van der Waals surface area contributed by atoms with Crippen LogP contribution in [-0.2, 0) is 0 Å². The molecule has 0 bridgehead atoms. The van der Waals surface area contributed by atoms with Crippen molar-refractivity contribution in [2.24, 2.45) is 5.41 Å². The van der Waals surface area contributed by atoms with E-state index in [9.17, 15) is 0 Å². The van der Waals surface area contributed by atoms with Gasteiger partial charge in [-0.25, -0.2) is 0 Å². The SMILES string of the molecule is CCC1CCCCN1CC1(CC)CCNC1. The molecule has 2 rings (SSSR count). The van der Waals surface area contributed by atoms with Crippen LogP contribution in [0.15, 0.2) is 0 Å².